The zero-order chi connectivity index (χ0) is 22.1. The average molecular weight is 430 g/mol. The Kier molecular flexibility index (Phi) is 8.46. The second kappa shape index (κ2) is 11.5. The Bertz CT molecular complexity index is 876. The smallest absolute Gasteiger partial charge is 0.338 e. The van der Waals surface area contributed by atoms with Crippen LogP contribution >= 0.6 is 0 Å². The first kappa shape index (κ1) is 22.8. The van der Waals surface area contributed by atoms with Crippen LogP contribution in [0, 0.1) is 0 Å². The van der Waals surface area contributed by atoms with Crippen molar-refractivity contribution in [1.29, 1.82) is 0 Å². The van der Waals surface area contributed by atoms with Crippen LogP contribution in [-0.2, 0) is 28.9 Å². The standard InChI is InChI=1S/C23H31N3O5/c1-3-19-21-20(7-4-14-30-15-5-12-24-22(21)27)26(25-19)13-6-16-31-23(28)17-8-10-18(29-2)11-9-17/h8-11H,3-7,12-16H2,1-2H3,(H,24,27). The number of benzene rings is 1. The minimum absolute atomic E-state index is 0.0640. The first-order chi connectivity index (χ1) is 15.1. The number of amides is 1. The minimum atomic E-state index is -0.367. The number of fused-ring (bicyclic) bond motifs is 1. The highest BCUT2D eigenvalue weighted by atomic mass is 16.5. The first-order valence-electron chi connectivity index (χ1n) is 10.9. The Hall–Kier alpha value is -2.87. The van der Waals surface area contributed by atoms with Crippen molar-refractivity contribution in [1.82, 2.24) is 15.1 Å². The van der Waals surface area contributed by atoms with Crippen LogP contribution < -0.4 is 10.1 Å². The molecule has 2 heterocycles. The molecule has 0 radical (unpaired) electrons. The lowest BCUT2D eigenvalue weighted by Gasteiger charge is -2.10. The molecule has 0 unspecified atom stereocenters. The van der Waals surface area contributed by atoms with Crippen LogP contribution in [0.5, 0.6) is 5.75 Å². The third-order valence-corrected chi connectivity index (χ3v) is 5.22. The van der Waals surface area contributed by atoms with Gasteiger partial charge in [-0.15, -0.1) is 0 Å². The molecule has 1 amide bonds. The molecule has 0 atom stereocenters. The van der Waals surface area contributed by atoms with E-state index in [4.69, 9.17) is 14.2 Å². The number of hydrogen-bond donors (Lipinski definition) is 1. The molecule has 0 spiro atoms. The SMILES string of the molecule is CCc1nn(CCCOC(=O)c2ccc(OC)cc2)c2c1C(=O)NCCCOCCC2. The summed E-state index contributed by atoms with van der Waals surface area (Å²) in [6, 6.07) is 6.82. The molecule has 0 saturated heterocycles. The van der Waals surface area contributed by atoms with Gasteiger partial charge in [0.1, 0.15) is 5.75 Å². The molecular formula is C23H31N3O5. The molecule has 1 aliphatic heterocycles. The predicted molar refractivity (Wildman–Crippen MR) is 116 cm³/mol. The Morgan fingerprint density at radius 2 is 2.00 bits per heavy atom. The van der Waals surface area contributed by atoms with Crippen molar-refractivity contribution in [3.8, 4) is 5.75 Å². The molecule has 31 heavy (non-hydrogen) atoms. The van der Waals surface area contributed by atoms with Gasteiger partial charge in [-0.25, -0.2) is 4.79 Å². The molecule has 1 aromatic carbocycles. The lowest BCUT2D eigenvalue weighted by Crippen LogP contribution is -2.26. The van der Waals surface area contributed by atoms with Crippen molar-refractivity contribution < 1.29 is 23.8 Å². The molecule has 1 aliphatic rings. The van der Waals surface area contributed by atoms with Gasteiger partial charge in [-0.2, -0.15) is 5.10 Å². The van der Waals surface area contributed by atoms with E-state index in [0.29, 0.717) is 56.0 Å². The molecule has 0 saturated carbocycles. The van der Waals surface area contributed by atoms with E-state index in [-0.39, 0.29) is 18.5 Å². The largest absolute Gasteiger partial charge is 0.497 e. The highest BCUT2D eigenvalue weighted by Crippen LogP contribution is 2.19. The van der Waals surface area contributed by atoms with Gasteiger partial charge in [0.15, 0.2) is 0 Å². The van der Waals surface area contributed by atoms with Gasteiger partial charge in [0.25, 0.3) is 5.91 Å². The van der Waals surface area contributed by atoms with Crippen molar-refractivity contribution in [3.63, 3.8) is 0 Å². The number of aryl methyl sites for hydroxylation is 2. The molecule has 2 aromatic rings. The number of ether oxygens (including phenoxy) is 3. The Morgan fingerprint density at radius 1 is 1.23 bits per heavy atom. The van der Waals surface area contributed by atoms with Crippen molar-refractivity contribution >= 4 is 11.9 Å². The lowest BCUT2D eigenvalue weighted by atomic mass is 10.1. The number of rotatable bonds is 7. The number of carbonyl (C=O) groups is 2. The molecule has 8 nitrogen and oxygen atoms in total. The summed E-state index contributed by atoms with van der Waals surface area (Å²) in [5.41, 5.74) is 2.92. The summed E-state index contributed by atoms with van der Waals surface area (Å²) in [5, 5.41) is 7.67. The van der Waals surface area contributed by atoms with Crippen molar-refractivity contribution in [2.75, 3.05) is 33.5 Å². The van der Waals surface area contributed by atoms with Crippen LogP contribution in [0.3, 0.4) is 0 Å². The van der Waals surface area contributed by atoms with E-state index in [1.54, 1.807) is 31.4 Å². The van der Waals surface area contributed by atoms with Crippen molar-refractivity contribution in [2.24, 2.45) is 0 Å². The number of nitrogens with zero attached hydrogens (tertiary/aromatic N) is 2. The van der Waals surface area contributed by atoms with Crippen molar-refractivity contribution in [3.05, 3.63) is 46.8 Å². The second-order valence-electron chi connectivity index (χ2n) is 7.39. The van der Waals surface area contributed by atoms with Gasteiger partial charge in [0.05, 0.1) is 36.2 Å². The third kappa shape index (κ3) is 6.07. The molecule has 0 fully saturated rings. The highest BCUT2D eigenvalue weighted by Gasteiger charge is 2.22. The van der Waals surface area contributed by atoms with Crippen LogP contribution in [0.2, 0.25) is 0 Å². The molecule has 3 rings (SSSR count). The molecule has 1 aromatic heterocycles. The van der Waals surface area contributed by atoms with E-state index in [1.807, 2.05) is 11.6 Å². The number of carbonyl (C=O) groups excluding carboxylic acids is 2. The quantitative estimate of drug-likeness (QED) is 0.538. The minimum Gasteiger partial charge on any atom is -0.497 e. The topological polar surface area (TPSA) is 91.7 Å². The fourth-order valence-electron chi connectivity index (χ4n) is 3.60. The van der Waals surface area contributed by atoms with Gasteiger partial charge in [-0.3, -0.25) is 9.48 Å². The lowest BCUT2D eigenvalue weighted by molar-refractivity contribution is 0.0494. The summed E-state index contributed by atoms with van der Waals surface area (Å²) < 4.78 is 18.0. The van der Waals surface area contributed by atoms with E-state index < -0.39 is 0 Å². The van der Waals surface area contributed by atoms with E-state index >= 15 is 0 Å². The third-order valence-electron chi connectivity index (χ3n) is 5.22. The van der Waals surface area contributed by atoms with E-state index in [1.165, 1.54) is 0 Å². The van der Waals surface area contributed by atoms with Gasteiger partial charge in [-0.05, 0) is 49.9 Å². The van der Waals surface area contributed by atoms with Crippen LogP contribution in [0.1, 0.15) is 58.3 Å². The Labute approximate surface area is 182 Å². The van der Waals surface area contributed by atoms with Crippen molar-refractivity contribution in [2.45, 2.75) is 45.6 Å². The predicted octanol–water partition coefficient (Wildman–Crippen LogP) is 2.78. The first-order valence-corrected chi connectivity index (χ1v) is 10.9. The maximum atomic E-state index is 12.8. The van der Waals surface area contributed by atoms with Gasteiger partial charge in [0, 0.05) is 32.7 Å². The molecular weight excluding hydrogens is 398 g/mol. The summed E-state index contributed by atoms with van der Waals surface area (Å²) >= 11 is 0. The number of nitrogens with one attached hydrogen (secondary N) is 1. The van der Waals surface area contributed by atoms with Gasteiger partial charge in [0.2, 0.25) is 0 Å². The number of hydrogen-bond acceptors (Lipinski definition) is 6. The van der Waals surface area contributed by atoms with Crippen LogP contribution in [-0.4, -0.2) is 55.1 Å². The maximum absolute atomic E-state index is 12.8. The summed E-state index contributed by atoms with van der Waals surface area (Å²) in [5.74, 6) is 0.259. The van der Waals surface area contributed by atoms with Crippen LogP contribution in [0.25, 0.3) is 0 Å². The average Bonchev–Trinajstić information content (AvgIpc) is 3.13. The molecule has 8 heteroatoms. The van der Waals surface area contributed by atoms with E-state index in [2.05, 4.69) is 10.4 Å². The normalized spacial score (nSPS) is 14.8. The fraction of sp³-hybridized carbons (Fsp3) is 0.522. The van der Waals surface area contributed by atoms with Gasteiger partial charge >= 0.3 is 5.97 Å². The molecule has 0 bridgehead atoms. The van der Waals surface area contributed by atoms with Crippen LogP contribution in [0.15, 0.2) is 24.3 Å². The molecule has 0 aliphatic carbocycles. The summed E-state index contributed by atoms with van der Waals surface area (Å²) in [6.45, 7) is 4.77. The maximum Gasteiger partial charge on any atom is 0.338 e. The number of esters is 1. The number of methoxy groups -OCH3 is 1. The van der Waals surface area contributed by atoms with E-state index in [9.17, 15) is 9.59 Å². The summed E-state index contributed by atoms with van der Waals surface area (Å²) in [4.78, 5) is 25.0. The second-order valence-corrected chi connectivity index (χ2v) is 7.39. The van der Waals surface area contributed by atoms with Gasteiger partial charge in [-0.1, -0.05) is 6.92 Å². The Balaban J connectivity index is 1.62. The fourth-order valence-corrected chi connectivity index (χ4v) is 3.60. The summed E-state index contributed by atoms with van der Waals surface area (Å²) in [6.07, 6.45) is 3.65. The van der Waals surface area contributed by atoms with Crippen LogP contribution in [0.4, 0.5) is 0 Å². The zero-order valence-corrected chi connectivity index (χ0v) is 18.3. The summed E-state index contributed by atoms with van der Waals surface area (Å²) in [7, 11) is 1.58. The Morgan fingerprint density at radius 3 is 2.74 bits per heavy atom. The monoisotopic (exact) mass is 429 g/mol. The zero-order valence-electron chi connectivity index (χ0n) is 18.3. The van der Waals surface area contributed by atoms with E-state index in [0.717, 1.165) is 30.7 Å². The van der Waals surface area contributed by atoms with Gasteiger partial charge < -0.3 is 19.5 Å². The molecule has 1 N–H and O–H groups in total. The number of aromatic nitrogens is 2. The highest BCUT2D eigenvalue weighted by molar-refractivity contribution is 5.96. The molecule has 168 valence electrons.